The number of nitrogens with one attached hydrogen (secondary N) is 1. The molecule has 2 rings (SSSR count). The molecule has 3 heteroatoms. The summed E-state index contributed by atoms with van der Waals surface area (Å²) in [6.45, 7) is 6.82. The third-order valence-corrected chi connectivity index (χ3v) is 5.50. The van der Waals surface area contributed by atoms with Crippen LogP contribution >= 0.6 is 0 Å². The minimum atomic E-state index is -0.742. The van der Waals surface area contributed by atoms with Crippen molar-refractivity contribution in [3.8, 4) is 0 Å². The fourth-order valence-electron chi connectivity index (χ4n) is 4.28. The van der Waals surface area contributed by atoms with Gasteiger partial charge in [-0.15, -0.1) is 0 Å². The van der Waals surface area contributed by atoms with Gasteiger partial charge in [0.2, 0.25) is 5.91 Å². The predicted molar refractivity (Wildman–Crippen MR) is 86.0 cm³/mol. The molecule has 0 heterocycles. The van der Waals surface area contributed by atoms with Gasteiger partial charge in [0.25, 0.3) is 0 Å². The lowest BCUT2D eigenvalue weighted by molar-refractivity contribution is -0.129. The molecule has 122 valence electrons. The maximum absolute atomic E-state index is 12.4. The van der Waals surface area contributed by atoms with Gasteiger partial charge in [0.05, 0.1) is 12.0 Å². The van der Waals surface area contributed by atoms with E-state index in [9.17, 15) is 9.90 Å². The molecular formula is C18H33NO2. The largest absolute Gasteiger partial charge is 0.389 e. The summed E-state index contributed by atoms with van der Waals surface area (Å²) in [7, 11) is 0. The second kappa shape index (κ2) is 6.68. The zero-order chi connectivity index (χ0) is 15.5. The Balaban J connectivity index is 1.91. The Morgan fingerprint density at radius 3 is 2.33 bits per heavy atom. The third-order valence-electron chi connectivity index (χ3n) is 5.50. The lowest BCUT2D eigenvalue weighted by Gasteiger charge is -2.41. The van der Waals surface area contributed by atoms with E-state index in [1.54, 1.807) is 0 Å². The SMILES string of the molecule is CC(C)(C)[C@H]1CCCC[C@@H]1NC(=O)CC1(O)CCCCC1. The number of aliphatic hydroxyl groups is 1. The first-order valence-corrected chi connectivity index (χ1v) is 8.82. The minimum Gasteiger partial charge on any atom is -0.389 e. The Bertz CT molecular complexity index is 353. The van der Waals surface area contributed by atoms with Gasteiger partial charge in [0, 0.05) is 6.04 Å². The van der Waals surface area contributed by atoms with Crippen LogP contribution in [-0.4, -0.2) is 22.7 Å². The number of carbonyl (C=O) groups is 1. The van der Waals surface area contributed by atoms with E-state index in [4.69, 9.17) is 0 Å². The molecule has 0 saturated heterocycles. The van der Waals surface area contributed by atoms with Crippen molar-refractivity contribution in [2.75, 3.05) is 0 Å². The van der Waals surface area contributed by atoms with Gasteiger partial charge in [-0.05, 0) is 37.0 Å². The van der Waals surface area contributed by atoms with E-state index in [2.05, 4.69) is 26.1 Å². The Kier molecular flexibility index (Phi) is 5.34. The molecule has 2 aliphatic rings. The van der Waals surface area contributed by atoms with Crippen LogP contribution in [0.25, 0.3) is 0 Å². The van der Waals surface area contributed by atoms with E-state index >= 15 is 0 Å². The average Bonchev–Trinajstić information content (AvgIpc) is 2.38. The van der Waals surface area contributed by atoms with Crippen molar-refractivity contribution in [3.05, 3.63) is 0 Å². The van der Waals surface area contributed by atoms with Crippen molar-refractivity contribution < 1.29 is 9.90 Å². The van der Waals surface area contributed by atoms with Crippen LogP contribution in [0.3, 0.4) is 0 Å². The highest BCUT2D eigenvalue weighted by molar-refractivity contribution is 5.77. The third kappa shape index (κ3) is 4.70. The predicted octanol–water partition coefficient (Wildman–Crippen LogP) is 3.79. The zero-order valence-electron chi connectivity index (χ0n) is 14.1. The van der Waals surface area contributed by atoms with Crippen LogP contribution in [0.2, 0.25) is 0 Å². The molecule has 2 saturated carbocycles. The molecule has 21 heavy (non-hydrogen) atoms. The van der Waals surface area contributed by atoms with Gasteiger partial charge >= 0.3 is 0 Å². The van der Waals surface area contributed by atoms with E-state index in [1.165, 1.54) is 25.7 Å². The van der Waals surface area contributed by atoms with E-state index in [1.807, 2.05) is 0 Å². The fourth-order valence-corrected chi connectivity index (χ4v) is 4.28. The summed E-state index contributed by atoms with van der Waals surface area (Å²) < 4.78 is 0. The second-order valence-electron chi connectivity index (χ2n) is 8.39. The lowest BCUT2D eigenvalue weighted by atomic mass is 9.69. The minimum absolute atomic E-state index is 0.0561. The van der Waals surface area contributed by atoms with Crippen LogP contribution in [-0.2, 0) is 4.79 Å². The van der Waals surface area contributed by atoms with Gasteiger partial charge < -0.3 is 10.4 Å². The van der Waals surface area contributed by atoms with Crippen molar-refractivity contribution in [1.82, 2.24) is 5.32 Å². The molecule has 0 aliphatic heterocycles. The van der Waals surface area contributed by atoms with Gasteiger partial charge in [-0.3, -0.25) is 4.79 Å². The highest BCUT2D eigenvalue weighted by Crippen LogP contribution is 2.38. The molecule has 2 aliphatic carbocycles. The highest BCUT2D eigenvalue weighted by Gasteiger charge is 2.37. The first-order chi connectivity index (χ1) is 9.80. The number of hydrogen-bond donors (Lipinski definition) is 2. The van der Waals surface area contributed by atoms with Crippen LogP contribution in [0.5, 0.6) is 0 Å². The Morgan fingerprint density at radius 2 is 1.71 bits per heavy atom. The van der Waals surface area contributed by atoms with E-state index in [-0.39, 0.29) is 11.3 Å². The summed E-state index contributed by atoms with van der Waals surface area (Å²) in [5.74, 6) is 0.608. The van der Waals surface area contributed by atoms with Gasteiger partial charge in [-0.25, -0.2) is 0 Å². The summed E-state index contributed by atoms with van der Waals surface area (Å²) in [5.41, 5.74) is -0.506. The van der Waals surface area contributed by atoms with E-state index in [0.29, 0.717) is 18.4 Å². The number of carbonyl (C=O) groups excluding carboxylic acids is 1. The first kappa shape index (κ1) is 16.8. The Labute approximate surface area is 129 Å². The van der Waals surface area contributed by atoms with Crippen LogP contribution < -0.4 is 5.32 Å². The molecule has 3 nitrogen and oxygen atoms in total. The molecule has 0 radical (unpaired) electrons. The smallest absolute Gasteiger partial charge is 0.223 e. The molecule has 1 amide bonds. The van der Waals surface area contributed by atoms with Crippen molar-refractivity contribution >= 4 is 5.91 Å². The average molecular weight is 295 g/mol. The maximum atomic E-state index is 12.4. The Hall–Kier alpha value is -0.570. The molecule has 0 aromatic rings. The monoisotopic (exact) mass is 295 g/mol. The lowest BCUT2D eigenvalue weighted by Crippen LogP contribution is -2.48. The molecular weight excluding hydrogens is 262 g/mol. The van der Waals surface area contributed by atoms with E-state index in [0.717, 1.165) is 32.1 Å². The first-order valence-electron chi connectivity index (χ1n) is 8.82. The van der Waals surface area contributed by atoms with Crippen LogP contribution in [0.15, 0.2) is 0 Å². The second-order valence-corrected chi connectivity index (χ2v) is 8.39. The Morgan fingerprint density at radius 1 is 1.10 bits per heavy atom. The summed E-state index contributed by atoms with van der Waals surface area (Å²) >= 11 is 0. The molecule has 0 bridgehead atoms. The standard InChI is InChI=1S/C18H33NO2/c1-17(2,3)14-9-5-6-10-15(14)19-16(20)13-18(21)11-7-4-8-12-18/h14-15,21H,4-13H2,1-3H3,(H,19,20)/t14-,15-/m0/s1. The van der Waals surface area contributed by atoms with Crippen LogP contribution in [0, 0.1) is 11.3 Å². The summed E-state index contributed by atoms with van der Waals surface area (Å²) in [4.78, 5) is 12.4. The van der Waals surface area contributed by atoms with Crippen LogP contribution in [0.4, 0.5) is 0 Å². The maximum Gasteiger partial charge on any atom is 0.223 e. The van der Waals surface area contributed by atoms with Gasteiger partial charge in [0.15, 0.2) is 0 Å². The van der Waals surface area contributed by atoms with Crippen molar-refractivity contribution in [3.63, 3.8) is 0 Å². The molecule has 2 atom stereocenters. The number of amides is 1. The van der Waals surface area contributed by atoms with Crippen molar-refractivity contribution in [2.45, 2.75) is 96.6 Å². The van der Waals surface area contributed by atoms with E-state index < -0.39 is 5.60 Å². The zero-order valence-corrected chi connectivity index (χ0v) is 14.1. The van der Waals surface area contributed by atoms with Crippen molar-refractivity contribution in [1.29, 1.82) is 0 Å². The molecule has 2 N–H and O–H groups in total. The number of hydrogen-bond acceptors (Lipinski definition) is 2. The van der Waals surface area contributed by atoms with Crippen LogP contribution in [0.1, 0.15) is 85.0 Å². The molecule has 0 aromatic heterocycles. The normalized spacial score (nSPS) is 29.9. The molecule has 2 fully saturated rings. The highest BCUT2D eigenvalue weighted by atomic mass is 16.3. The fraction of sp³-hybridized carbons (Fsp3) is 0.944. The van der Waals surface area contributed by atoms with Crippen molar-refractivity contribution in [2.24, 2.45) is 11.3 Å². The summed E-state index contributed by atoms with van der Waals surface area (Å²) in [6.07, 6.45) is 9.95. The summed E-state index contributed by atoms with van der Waals surface area (Å²) in [5, 5.41) is 13.8. The van der Waals surface area contributed by atoms with Gasteiger partial charge in [-0.2, -0.15) is 0 Å². The summed E-state index contributed by atoms with van der Waals surface area (Å²) in [6, 6.07) is 0.290. The molecule has 0 spiro atoms. The molecule has 0 unspecified atom stereocenters. The molecule has 0 aromatic carbocycles. The van der Waals surface area contributed by atoms with Gasteiger partial charge in [0.1, 0.15) is 0 Å². The number of rotatable bonds is 3. The topological polar surface area (TPSA) is 49.3 Å². The van der Waals surface area contributed by atoms with Gasteiger partial charge in [-0.1, -0.05) is 52.9 Å². The quantitative estimate of drug-likeness (QED) is 0.832.